The van der Waals surface area contributed by atoms with Crippen molar-refractivity contribution < 1.29 is 45.2 Å². The van der Waals surface area contributed by atoms with Crippen LogP contribution in [0, 0.1) is 0 Å². The average molecular weight is 1700 g/mol. The molecule has 18 aromatic rings. The number of para-hydroxylation sites is 6. The first kappa shape index (κ1) is 53.9. The van der Waals surface area contributed by atoms with E-state index < -0.39 is 293 Å². The highest BCUT2D eigenvalue weighted by molar-refractivity contribution is 7.00. The van der Waals surface area contributed by atoms with Crippen LogP contribution in [0.5, 0.6) is 0 Å². The Bertz CT molecular complexity index is 9400. The molecule has 0 spiro atoms. The number of fused-ring (bicyclic) bond motifs is 13. The molecule has 0 fully saturated rings. The Morgan fingerprint density at radius 3 is 0.938 bits per heavy atom. The SMILES string of the molecule is [2H]c1c([2H])c(C(C)(C)C)c([2H])c([2H])c1-c1c([2H])c(C(C)(C)C)c([2H])c(-c2c([2H])c(C(C)(C)C)c([2H])c([2H])c2C(C)(C)C)c1N1c2cc(-n3c4c([2H])c([2H])c([2H])c([2H])c4c4c([2H])c([2H])c([2H])c([2H])c43)ccc2B2c3ccc(-n4c5c([2H])c([2H])c([2H])c([2H])c5c5c([2H])c([2H])c([2H])c([2H])c54)cc3N(c3c(-c4ccc(C(C)(C)C)cc4)cc(C(C)(C)C)cc3-c3cc(C(C)(C)C)cc(C(C)(C)C)c3)c3cc(-n4c5c([2H])c([2H])c([2H])c([2H])c5c5c([2H])c([2H])c([2H])c([2H])c54)cc1c32. The number of anilines is 6. The van der Waals surface area contributed by atoms with Crippen molar-refractivity contribution in [3.05, 3.63) is 347 Å². The summed E-state index contributed by atoms with van der Waals surface area (Å²) in [6, 6.07) is 8.63. The molecule has 15 aromatic carbocycles. The molecular weight excluding hydrogens is 1550 g/mol. The summed E-state index contributed by atoms with van der Waals surface area (Å²) < 4.78 is 342. The predicted molar refractivity (Wildman–Crippen MR) is 555 cm³/mol. The predicted octanol–water partition coefficient (Wildman–Crippen LogP) is 32.1. The maximum absolute atomic E-state index is 12.0. The lowest BCUT2D eigenvalue weighted by Gasteiger charge is -2.46. The molecule has 5 heterocycles. The Morgan fingerprint density at radius 1 is 0.227 bits per heavy atom. The summed E-state index contributed by atoms with van der Waals surface area (Å²) in [6.45, 7) is 44.4. The molecule has 0 atom stereocenters. The number of benzene rings is 15. The Hall–Kier alpha value is -12.6. The second-order valence-corrected chi connectivity index (χ2v) is 42.6. The lowest BCUT2D eigenvalue weighted by molar-refractivity contribution is 0.569. The standard InChI is InChI=1S/C122H122BN5/c1-115(2,3)78-53-49-75(50-54-78)94-67-83(120(16,17)18)69-96(77-63-81(118(10,11)12)65-82(64-77)119(13,14)15)113(94)127-108-71-85(124-102-43-31-25-37-88(102)89-38-26-32-44-103(89)124)58-61-100(108)123-101-62-59-86(125-104-45-33-27-39-90(104)91-40-28-34-46-105(91)125)72-109(101)128(111-74-87(73-110(127)112(111)123)126-106-47-35-29-41-92(106)93-42-30-36-48-107(93)126)114-95(76-51-55-79(56-52-76)116(4,5)6)68-84(121(19,20)21)70-98(114)97-66-80(117(7,8)9)57-60-99(97)122(22,23)24/h25-74H,1-24H3/i25D,26D,27D,28D,29D,30D,31D,32D,33D,34D,35D,36D,37D,38D,39D,40D,41D,42D,43D,44D,45D,46D,47D,48D,51D,52D,55D,56D,57D,60D,66D,68D,70D. The van der Waals surface area contributed by atoms with Crippen LogP contribution in [-0.2, 0) is 43.3 Å². The van der Waals surface area contributed by atoms with E-state index >= 15 is 0 Å². The number of aromatic nitrogens is 3. The summed E-state index contributed by atoms with van der Waals surface area (Å²) in [7, 11) is 0. The van der Waals surface area contributed by atoms with Crippen LogP contribution in [0.15, 0.2) is 303 Å². The third-order valence-electron chi connectivity index (χ3n) is 25.3. The van der Waals surface area contributed by atoms with Crippen LogP contribution in [0.3, 0.4) is 0 Å². The second kappa shape index (κ2) is 29.5. The number of rotatable bonds is 9. The van der Waals surface area contributed by atoms with Crippen molar-refractivity contribution in [3.63, 3.8) is 0 Å². The minimum absolute atomic E-state index is 0.0141. The maximum Gasteiger partial charge on any atom is 0.252 e. The number of hydrogen-bond donors (Lipinski definition) is 0. The van der Waals surface area contributed by atoms with E-state index in [2.05, 4.69) is 113 Å². The zero-order valence-corrected chi connectivity index (χ0v) is 77.1. The van der Waals surface area contributed by atoms with Gasteiger partial charge < -0.3 is 23.5 Å². The molecule has 20 rings (SSSR count). The van der Waals surface area contributed by atoms with E-state index in [1.165, 1.54) is 19.8 Å². The van der Waals surface area contributed by atoms with Gasteiger partial charge in [0.1, 0.15) is 0 Å². The quantitative estimate of drug-likeness (QED) is 0.134. The van der Waals surface area contributed by atoms with Gasteiger partial charge in [-0.3, -0.25) is 0 Å². The molecule has 0 bridgehead atoms. The van der Waals surface area contributed by atoms with E-state index in [1.54, 1.807) is 130 Å². The Labute approximate surface area is 806 Å². The fourth-order valence-electron chi connectivity index (χ4n) is 18.3. The summed E-state index contributed by atoms with van der Waals surface area (Å²) >= 11 is 0. The van der Waals surface area contributed by atoms with Gasteiger partial charge >= 0.3 is 0 Å². The van der Waals surface area contributed by atoms with Gasteiger partial charge in [-0.1, -0.05) is 372 Å². The van der Waals surface area contributed by atoms with Crippen molar-refractivity contribution in [2.24, 2.45) is 0 Å². The smallest absolute Gasteiger partial charge is 0.252 e. The van der Waals surface area contributed by atoms with Crippen LogP contribution in [0.2, 0.25) is 0 Å². The Kier molecular flexibility index (Phi) is 12.4. The molecule has 6 heteroatoms. The monoisotopic (exact) mass is 1700 g/mol. The third-order valence-corrected chi connectivity index (χ3v) is 25.3. The highest BCUT2D eigenvalue weighted by atomic mass is 15.2. The van der Waals surface area contributed by atoms with E-state index in [1.807, 2.05) is 29.2 Å². The number of nitrogens with zero attached hydrogens (tertiary/aromatic N) is 5. The molecule has 0 aliphatic carbocycles. The maximum atomic E-state index is 12.0. The molecule has 0 saturated heterocycles. The molecule has 0 amide bonds. The van der Waals surface area contributed by atoms with Crippen LogP contribution in [-0.4, -0.2) is 20.4 Å². The van der Waals surface area contributed by atoms with Crippen LogP contribution in [0.25, 0.3) is 127 Å². The normalized spacial score (nSPS) is 17.2. The van der Waals surface area contributed by atoms with Crippen molar-refractivity contribution in [2.45, 2.75) is 209 Å². The topological polar surface area (TPSA) is 21.3 Å². The summed E-state index contributed by atoms with van der Waals surface area (Å²) in [6.07, 6.45) is 0. The van der Waals surface area contributed by atoms with Crippen LogP contribution < -0.4 is 26.2 Å². The van der Waals surface area contributed by atoms with Gasteiger partial charge in [0.05, 0.1) is 95.4 Å². The summed E-state index contributed by atoms with van der Waals surface area (Å²) in [5.74, 6) is 0. The molecule has 0 saturated carbocycles. The number of hydrogen-bond acceptors (Lipinski definition) is 2. The fraction of sp³-hybridized carbons (Fsp3) is 0.262. The fourth-order valence-corrected chi connectivity index (χ4v) is 18.3. The van der Waals surface area contributed by atoms with Gasteiger partial charge in [0, 0.05) is 88.7 Å². The van der Waals surface area contributed by atoms with E-state index in [4.69, 9.17) is 0 Å². The van der Waals surface area contributed by atoms with Crippen molar-refractivity contribution in [3.8, 4) is 61.6 Å². The zero-order valence-electron chi connectivity index (χ0n) is 110. The van der Waals surface area contributed by atoms with Gasteiger partial charge in [0.15, 0.2) is 0 Å². The van der Waals surface area contributed by atoms with Gasteiger partial charge in [0.2, 0.25) is 0 Å². The molecular formula is C122H122BN5. The van der Waals surface area contributed by atoms with Crippen molar-refractivity contribution in [2.75, 3.05) is 9.80 Å². The minimum atomic E-state index is -1.49. The van der Waals surface area contributed by atoms with Gasteiger partial charge in [0.25, 0.3) is 6.71 Å². The Balaban J connectivity index is 1.17. The molecule has 0 radical (unpaired) electrons. The zero-order chi connectivity index (χ0) is 119. The third kappa shape index (κ3) is 13.9. The first-order valence-corrected chi connectivity index (χ1v) is 43.8. The lowest BCUT2D eigenvalue weighted by Crippen LogP contribution is -2.61. The van der Waals surface area contributed by atoms with E-state index in [9.17, 15) is 45.2 Å². The van der Waals surface area contributed by atoms with E-state index in [-0.39, 0.29) is 128 Å². The van der Waals surface area contributed by atoms with E-state index in [0.29, 0.717) is 27.9 Å². The van der Waals surface area contributed by atoms with Crippen LogP contribution in [0.1, 0.15) is 256 Å². The second-order valence-electron chi connectivity index (χ2n) is 42.6. The first-order chi connectivity index (χ1) is 74.3. The first-order valence-electron chi connectivity index (χ1n) is 60.3. The lowest BCUT2D eigenvalue weighted by atomic mass is 9.33. The molecule has 0 unspecified atom stereocenters. The highest BCUT2D eigenvalue weighted by Gasteiger charge is 2.47. The average Bonchev–Trinajstić information content (AvgIpc) is 1.56. The van der Waals surface area contributed by atoms with Crippen molar-refractivity contribution in [1.82, 2.24) is 13.7 Å². The Morgan fingerprint density at radius 2 is 0.555 bits per heavy atom. The molecule has 2 aliphatic rings. The largest absolute Gasteiger partial charge is 0.310 e. The van der Waals surface area contributed by atoms with E-state index in [0.717, 1.165) is 22.3 Å². The van der Waals surface area contributed by atoms with Gasteiger partial charge in [-0.15, -0.1) is 0 Å². The minimum Gasteiger partial charge on any atom is -0.310 e. The molecule has 638 valence electrons. The summed E-state index contributed by atoms with van der Waals surface area (Å²) in [5, 5.41) is -2.11. The van der Waals surface area contributed by atoms with Gasteiger partial charge in [-0.05, 0) is 223 Å². The molecule has 2 aliphatic heterocycles. The van der Waals surface area contributed by atoms with Crippen LogP contribution >= 0.6 is 0 Å². The summed E-state index contributed by atoms with van der Waals surface area (Å²) in [4.78, 5) is 3.54. The highest BCUT2D eigenvalue weighted by Crippen LogP contribution is 2.58. The molecule has 128 heavy (non-hydrogen) atoms. The van der Waals surface area contributed by atoms with Crippen molar-refractivity contribution >= 4 is 123 Å². The van der Waals surface area contributed by atoms with Gasteiger partial charge in [-0.2, -0.15) is 0 Å². The molecule has 0 N–H and O–H groups in total. The van der Waals surface area contributed by atoms with Gasteiger partial charge in [-0.25, -0.2) is 0 Å². The van der Waals surface area contributed by atoms with Crippen LogP contribution in [0.4, 0.5) is 34.1 Å². The molecule has 5 nitrogen and oxygen atoms in total. The molecule has 3 aromatic heterocycles. The summed E-state index contributed by atoms with van der Waals surface area (Å²) in [5.41, 5.74) is -6.62. The van der Waals surface area contributed by atoms with Crippen molar-refractivity contribution in [1.29, 1.82) is 0 Å².